The molecule has 1 amide bonds. The largest absolute Gasteiger partial charge is 0.381 e. The van der Waals surface area contributed by atoms with Gasteiger partial charge in [0.15, 0.2) is 0 Å². The van der Waals surface area contributed by atoms with Crippen molar-refractivity contribution in [2.75, 3.05) is 26.3 Å². The fourth-order valence-corrected chi connectivity index (χ4v) is 2.10. The molecule has 0 aromatic carbocycles. The van der Waals surface area contributed by atoms with E-state index in [1.165, 1.54) is 5.56 Å². The first-order valence-electron chi connectivity index (χ1n) is 6.81. The molecule has 2 heterocycles. The first kappa shape index (κ1) is 14.0. The summed E-state index contributed by atoms with van der Waals surface area (Å²) in [5.41, 5.74) is 1.23. The lowest BCUT2D eigenvalue weighted by molar-refractivity contribution is -0.121. The average molecular weight is 263 g/mol. The second kappa shape index (κ2) is 7.86. The minimum atomic E-state index is 0.0710. The summed E-state index contributed by atoms with van der Waals surface area (Å²) in [7, 11) is 0. The molecule has 1 aromatic rings. The molecule has 0 aliphatic carbocycles. The lowest BCUT2D eigenvalue weighted by Gasteiger charge is -2.23. The number of hydrogen-bond donors (Lipinski definition) is 2. The molecule has 2 rings (SSSR count). The van der Waals surface area contributed by atoms with Gasteiger partial charge in [0.05, 0.1) is 6.54 Å². The minimum absolute atomic E-state index is 0.0710. The van der Waals surface area contributed by atoms with Crippen molar-refractivity contribution < 1.29 is 9.53 Å². The highest BCUT2D eigenvalue weighted by atomic mass is 16.5. The molecule has 5 nitrogen and oxygen atoms in total. The van der Waals surface area contributed by atoms with E-state index >= 15 is 0 Å². The van der Waals surface area contributed by atoms with Crippen LogP contribution in [0.2, 0.25) is 0 Å². The number of rotatable bonds is 6. The first-order chi connectivity index (χ1) is 9.34. The highest BCUT2D eigenvalue weighted by Crippen LogP contribution is 2.05. The summed E-state index contributed by atoms with van der Waals surface area (Å²) in [5, 5.41) is 6.19. The van der Waals surface area contributed by atoms with Crippen molar-refractivity contribution in [2.45, 2.75) is 25.3 Å². The molecule has 104 valence electrons. The van der Waals surface area contributed by atoms with Crippen LogP contribution < -0.4 is 10.6 Å². The number of pyridine rings is 1. The summed E-state index contributed by atoms with van der Waals surface area (Å²) in [6.45, 7) is 2.68. The maximum Gasteiger partial charge on any atom is 0.234 e. The normalized spacial score (nSPS) is 16.2. The van der Waals surface area contributed by atoms with Crippen molar-refractivity contribution in [2.24, 2.45) is 0 Å². The maximum atomic E-state index is 11.7. The van der Waals surface area contributed by atoms with Crippen LogP contribution in [0.25, 0.3) is 0 Å². The summed E-state index contributed by atoms with van der Waals surface area (Å²) in [6, 6.07) is 4.26. The van der Waals surface area contributed by atoms with Crippen molar-refractivity contribution in [1.29, 1.82) is 0 Å². The predicted molar refractivity (Wildman–Crippen MR) is 72.8 cm³/mol. The van der Waals surface area contributed by atoms with Crippen LogP contribution in [0, 0.1) is 0 Å². The number of aromatic nitrogens is 1. The monoisotopic (exact) mass is 263 g/mol. The second-order valence-electron chi connectivity index (χ2n) is 4.74. The highest BCUT2D eigenvalue weighted by Gasteiger charge is 2.15. The van der Waals surface area contributed by atoms with Crippen LogP contribution >= 0.6 is 0 Å². The van der Waals surface area contributed by atoms with E-state index in [-0.39, 0.29) is 11.9 Å². The van der Waals surface area contributed by atoms with E-state index < -0.39 is 0 Å². The third kappa shape index (κ3) is 5.36. The van der Waals surface area contributed by atoms with E-state index in [2.05, 4.69) is 15.6 Å². The zero-order valence-electron chi connectivity index (χ0n) is 11.1. The Balaban J connectivity index is 1.56. The maximum absolute atomic E-state index is 11.7. The van der Waals surface area contributed by atoms with E-state index in [1.54, 1.807) is 12.4 Å². The van der Waals surface area contributed by atoms with Gasteiger partial charge in [0.1, 0.15) is 0 Å². The SMILES string of the molecule is O=C(CNCCc1ccncc1)NC1CCOCC1. The zero-order chi connectivity index (χ0) is 13.3. The van der Waals surface area contributed by atoms with Crippen LogP contribution in [0.1, 0.15) is 18.4 Å². The van der Waals surface area contributed by atoms with E-state index in [9.17, 15) is 4.79 Å². The Morgan fingerprint density at radius 3 is 2.79 bits per heavy atom. The van der Waals surface area contributed by atoms with E-state index in [0.29, 0.717) is 6.54 Å². The molecule has 1 fully saturated rings. The molecule has 0 atom stereocenters. The second-order valence-corrected chi connectivity index (χ2v) is 4.74. The molecule has 5 heteroatoms. The summed E-state index contributed by atoms with van der Waals surface area (Å²) in [4.78, 5) is 15.7. The van der Waals surface area contributed by atoms with Gasteiger partial charge in [-0.1, -0.05) is 0 Å². The van der Waals surface area contributed by atoms with Crippen molar-refractivity contribution in [3.63, 3.8) is 0 Å². The lowest BCUT2D eigenvalue weighted by atomic mass is 10.1. The molecule has 0 bridgehead atoms. The molecule has 19 heavy (non-hydrogen) atoms. The molecule has 0 saturated carbocycles. The van der Waals surface area contributed by atoms with Crippen LogP contribution in [0.4, 0.5) is 0 Å². The lowest BCUT2D eigenvalue weighted by Crippen LogP contribution is -2.43. The van der Waals surface area contributed by atoms with Crippen LogP contribution in [-0.2, 0) is 16.0 Å². The molecule has 1 aliphatic heterocycles. The van der Waals surface area contributed by atoms with Gasteiger partial charge >= 0.3 is 0 Å². The standard InChI is InChI=1S/C14H21N3O2/c18-14(17-13-4-9-19-10-5-13)11-16-8-3-12-1-6-15-7-2-12/h1-2,6-7,13,16H,3-5,8-11H2,(H,17,18). The Morgan fingerprint density at radius 1 is 1.32 bits per heavy atom. The van der Waals surface area contributed by atoms with E-state index in [0.717, 1.165) is 39.0 Å². The molecule has 0 radical (unpaired) electrons. The van der Waals surface area contributed by atoms with Crippen molar-refractivity contribution in [3.05, 3.63) is 30.1 Å². The van der Waals surface area contributed by atoms with Crippen molar-refractivity contribution in [1.82, 2.24) is 15.6 Å². The van der Waals surface area contributed by atoms with Gasteiger partial charge in [-0.25, -0.2) is 0 Å². The van der Waals surface area contributed by atoms with Gasteiger partial charge < -0.3 is 15.4 Å². The first-order valence-corrected chi connectivity index (χ1v) is 6.81. The van der Waals surface area contributed by atoms with Gasteiger partial charge in [0.25, 0.3) is 0 Å². The van der Waals surface area contributed by atoms with Crippen molar-refractivity contribution >= 4 is 5.91 Å². The summed E-state index contributed by atoms with van der Waals surface area (Å²) < 4.78 is 5.26. The van der Waals surface area contributed by atoms with Crippen molar-refractivity contribution in [3.8, 4) is 0 Å². The number of nitrogens with zero attached hydrogens (tertiary/aromatic N) is 1. The summed E-state index contributed by atoms with van der Waals surface area (Å²) in [6.07, 6.45) is 6.32. The molecular formula is C14H21N3O2. The van der Waals surface area contributed by atoms with Gasteiger partial charge in [0.2, 0.25) is 5.91 Å². The molecular weight excluding hydrogens is 242 g/mol. The molecule has 1 aromatic heterocycles. The Hall–Kier alpha value is -1.46. The van der Waals surface area contributed by atoms with Crippen LogP contribution in [0.3, 0.4) is 0 Å². The van der Waals surface area contributed by atoms with Gasteiger partial charge in [-0.15, -0.1) is 0 Å². The van der Waals surface area contributed by atoms with Gasteiger partial charge in [-0.3, -0.25) is 9.78 Å². The molecule has 0 spiro atoms. The van der Waals surface area contributed by atoms with Gasteiger partial charge in [0, 0.05) is 31.6 Å². The average Bonchev–Trinajstić information content (AvgIpc) is 2.46. The van der Waals surface area contributed by atoms with Gasteiger partial charge in [-0.05, 0) is 43.5 Å². The van der Waals surface area contributed by atoms with E-state index in [1.807, 2.05) is 12.1 Å². The Bertz CT molecular complexity index is 378. The number of amides is 1. The Labute approximate surface area is 113 Å². The number of carbonyl (C=O) groups excluding carboxylic acids is 1. The molecule has 1 saturated heterocycles. The summed E-state index contributed by atoms with van der Waals surface area (Å²) in [5.74, 6) is 0.0710. The Morgan fingerprint density at radius 2 is 2.05 bits per heavy atom. The fourth-order valence-electron chi connectivity index (χ4n) is 2.10. The van der Waals surface area contributed by atoms with Gasteiger partial charge in [-0.2, -0.15) is 0 Å². The molecule has 0 unspecified atom stereocenters. The zero-order valence-corrected chi connectivity index (χ0v) is 11.1. The molecule has 2 N–H and O–H groups in total. The number of nitrogens with one attached hydrogen (secondary N) is 2. The van der Waals surface area contributed by atoms with Crippen LogP contribution in [-0.4, -0.2) is 43.2 Å². The summed E-state index contributed by atoms with van der Waals surface area (Å²) >= 11 is 0. The third-order valence-corrected chi connectivity index (χ3v) is 3.21. The third-order valence-electron chi connectivity index (χ3n) is 3.21. The minimum Gasteiger partial charge on any atom is -0.381 e. The number of carbonyl (C=O) groups is 1. The molecule has 1 aliphatic rings. The quantitative estimate of drug-likeness (QED) is 0.734. The highest BCUT2D eigenvalue weighted by molar-refractivity contribution is 5.78. The Kier molecular flexibility index (Phi) is 5.78. The van der Waals surface area contributed by atoms with Crippen LogP contribution in [0.15, 0.2) is 24.5 Å². The van der Waals surface area contributed by atoms with E-state index in [4.69, 9.17) is 4.74 Å². The smallest absolute Gasteiger partial charge is 0.234 e. The number of ether oxygens (including phenoxy) is 1. The van der Waals surface area contributed by atoms with Crippen LogP contribution in [0.5, 0.6) is 0 Å². The number of hydrogen-bond acceptors (Lipinski definition) is 4. The predicted octanol–water partition coefficient (Wildman–Crippen LogP) is 0.509. The topological polar surface area (TPSA) is 63.2 Å². The fraction of sp³-hybridized carbons (Fsp3) is 0.571.